The van der Waals surface area contributed by atoms with E-state index in [1.165, 1.54) is 17.5 Å². The van der Waals surface area contributed by atoms with Crippen LogP contribution < -0.4 is 0 Å². The molecule has 0 spiro atoms. The van der Waals surface area contributed by atoms with Crippen LogP contribution in [0, 0.1) is 13.8 Å². The largest absolute Gasteiger partial charge is 0.466 e. The van der Waals surface area contributed by atoms with Crippen molar-refractivity contribution >= 4 is 16.0 Å². The molecule has 0 amide bonds. The third-order valence-corrected chi connectivity index (χ3v) is 6.24. The molecule has 0 bridgehead atoms. The minimum absolute atomic E-state index is 0.00473. The van der Waals surface area contributed by atoms with Gasteiger partial charge in [0.1, 0.15) is 0 Å². The Hall–Kier alpha value is -2.70. The van der Waals surface area contributed by atoms with Gasteiger partial charge in [0.15, 0.2) is 0 Å². The van der Waals surface area contributed by atoms with Gasteiger partial charge in [0, 0.05) is 6.54 Å². The molecule has 2 aromatic rings. The summed E-state index contributed by atoms with van der Waals surface area (Å²) in [4.78, 5) is 12.4. The molecule has 2 rings (SSSR count). The summed E-state index contributed by atoms with van der Waals surface area (Å²) in [6.45, 7) is 11.3. The van der Waals surface area contributed by atoms with Crippen molar-refractivity contribution in [2.24, 2.45) is 0 Å². The van der Waals surface area contributed by atoms with E-state index in [4.69, 9.17) is 4.74 Å². The summed E-state index contributed by atoms with van der Waals surface area (Å²) in [6.07, 6.45) is 1.48. The minimum Gasteiger partial charge on any atom is -0.466 e. The minimum atomic E-state index is -3.93. The van der Waals surface area contributed by atoms with Gasteiger partial charge in [-0.2, -0.15) is 4.31 Å². The maximum atomic E-state index is 13.4. The molecule has 2 aromatic carbocycles. The average molecular weight is 400 g/mol. The summed E-state index contributed by atoms with van der Waals surface area (Å²) >= 11 is 0. The van der Waals surface area contributed by atoms with Gasteiger partial charge in [0.2, 0.25) is 10.0 Å². The molecular weight excluding hydrogens is 374 g/mol. The lowest BCUT2D eigenvalue weighted by molar-refractivity contribution is -0.136. The molecule has 0 aliphatic rings. The predicted molar refractivity (Wildman–Crippen MR) is 110 cm³/mol. The summed E-state index contributed by atoms with van der Waals surface area (Å²) in [5, 5.41) is 0. The van der Waals surface area contributed by atoms with Gasteiger partial charge in [-0.25, -0.2) is 13.2 Å². The number of rotatable bonds is 8. The van der Waals surface area contributed by atoms with Crippen molar-refractivity contribution in [2.45, 2.75) is 24.8 Å². The lowest BCUT2D eigenvalue weighted by atomic mass is 9.98. The number of hydrogen-bond acceptors (Lipinski definition) is 4. The van der Waals surface area contributed by atoms with Crippen LogP contribution in [0.15, 0.2) is 78.2 Å². The molecule has 5 nitrogen and oxygen atoms in total. The molecule has 28 heavy (non-hydrogen) atoms. The molecule has 0 saturated carbocycles. The number of nitrogens with zero attached hydrogens (tertiary/aromatic N) is 1. The Labute approximate surface area is 167 Å². The fourth-order valence-electron chi connectivity index (χ4n) is 2.85. The fourth-order valence-corrected chi connectivity index (χ4v) is 4.43. The maximum absolute atomic E-state index is 13.4. The lowest BCUT2D eigenvalue weighted by Gasteiger charge is -2.31. The van der Waals surface area contributed by atoms with Crippen LogP contribution in [0.5, 0.6) is 0 Å². The molecule has 0 aliphatic carbocycles. The zero-order valence-electron chi connectivity index (χ0n) is 16.4. The van der Waals surface area contributed by atoms with Crippen LogP contribution in [0.3, 0.4) is 0 Å². The van der Waals surface area contributed by atoms with Crippen molar-refractivity contribution in [2.75, 3.05) is 13.7 Å². The maximum Gasteiger partial charge on any atom is 0.335 e. The van der Waals surface area contributed by atoms with E-state index >= 15 is 0 Å². The van der Waals surface area contributed by atoms with Gasteiger partial charge in [-0.05, 0) is 31.5 Å². The highest BCUT2D eigenvalue weighted by Gasteiger charge is 2.36. The highest BCUT2D eigenvalue weighted by molar-refractivity contribution is 7.89. The highest BCUT2D eigenvalue weighted by Crippen LogP contribution is 2.33. The van der Waals surface area contributed by atoms with Crippen LogP contribution in [-0.4, -0.2) is 32.3 Å². The highest BCUT2D eigenvalue weighted by atomic mass is 32.2. The molecular formula is C22H25NO4S. The Balaban J connectivity index is 2.65. The van der Waals surface area contributed by atoms with Gasteiger partial charge in [0.25, 0.3) is 0 Å². The standard InChI is InChI=1S/C22H25NO4S/c1-6-15-23(28(25,26)20-13-9-17(3)10-14-20)21(18(4)22(24)27-5)19-11-7-16(2)8-12-19/h6-14,21H,1,4,15H2,2-3,5H3/t21-/m1/s1. The second-order valence-corrected chi connectivity index (χ2v) is 8.40. The van der Waals surface area contributed by atoms with E-state index in [-0.39, 0.29) is 17.0 Å². The summed E-state index contributed by atoms with van der Waals surface area (Å²) in [5.74, 6) is -0.668. The number of sulfonamides is 1. The zero-order valence-corrected chi connectivity index (χ0v) is 17.2. The van der Waals surface area contributed by atoms with E-state index in [9.17, 15) is 13.2 Å². The summed E-state index contributed by atoms with van der Waals surface area (Å²) in [6, 6.07) is 12.9. The van der Waals surface area contributed by atoms with Crippen LogP contribution in [-0.2, 0) is 19.6 Å². The molecule has 0 heterocycles. The summed E-state index contributed by atoms with van der Waals surface area (Å²) in [7, 11) is -2.69. The Morgan fingerprint density at radius 3 is 2.04 bits per heavy atom. The number of aryl methyl sites for hydroxylation is 2. The Morgan fingerprint density at radius 1 is 1.07 bits per heavy atom. The monoisotopic (exact) mass is 399 g/mol. The Kier molecular flexibility index (Phi) is 6.94. The third-order valence-electron chi connectivity index (χ3n) is 4.40. The lowest BCUT2D eigenvalue weighted by Crippen LogP contribution is -2.37. The number of esters is 1. The van der Waals surface area contributed by atoms with Gasteiger partial charge in [0.05, 0.1) is 23.6 Å². The molecule has 0 fully saturated rings. The van der Waals surface area contributed by atoms with Gasteiger partial charge < -0.3 is 4.74 Å². The van der Waals surface area contributed by atoms with Crippen molar-refractivity contribution in [1.29, 1.82) is 0 Å². The normalized spacial score (nSPS) is 12.4. The first-order valence-corrected chi connectivity index (χ1v) is 10.2. The smallest absolute Gasteiger partial charge is 0.335 e. The molecule has 148 valence electrons. The zero-order chi connectivity index (χ0) is 20.9. The van der Waals surface area contributed by atoms with E-state index < -0.39 is 22.0 Å². The molecule has 1 atom stereocenters. The predicted octanol–water partition coefficient (Wildman–Crippen LogP) is 3.95. The van der Waals surface area contributed by atoms with Gasteiger partial charge in [-0.1, -0.05) is 60.2 Å². The number of ether oxygens (including phenoxy) is 1. The average Bonchev–Trinajstić information content (AvgIpc) is 2.68. The molecule has 0 unspecified atom stereocenters. The number of methoxy groups -OCH3 is 1. The van der Waals surface area contributed by atoms with E-state index in [2.05, 4.69) is 13.2 Å². The number of carbonyl (C=O) groups excluding carboxylic acids is 1. The number of hydrogen-bond donors (Lipinski definition) is 0. The summed E-state index contributed by atoms with van der Waals surface area (Å²) in [5.41, 5.74) is 2.62. The fraction of sp³-hybridized carbons (Fsp3) is 0.227. The first-order chi connectivity index (χ1) is 13.2. The quantitative estimate of drug-likeness (QED) is 0.383. The first kappa shape index (κ1) is 21.6. The second-order valence-electron chi connectivity index (χ2n) is 6.51. The molecule has 0 N–H and O–H groups in total. The van der Waals surface area contributed by atoms with Crippen LogP contribution in [0.1, 0.15) is 22.7 Å². The SMILES string of the molecule is C=CCN([C@H](C(=C)C(=O)OC)c1ccc(C)cc1)S(=O)(=O)c1ccc(C)cc1. The van der Waals surface area contributed by atoms with E-state index in [1.807, 2.05) is 26.0 Å². The van der Waals surface area contributed by atoms with Crippen molar-refractivity contribution in [1.82, 2.24) is 4.31 Å². The molecule has 0 aliphatic heterocycles. The van der Waals surface area contributed by atoms with Crippen LogP contribution >= 0.6 is 0 Å². The van der Waals surface area contributed by atoms with Crippen molar-refractivity contribution < 1.29 is 17.9 Å². The first-order valence-electron chi connectivity index (χ1n) is 8.75. The van der Waals surface area contributed by atoms with Crippen LogP contribution in [0.25, 0.3) is 0 Å². The molecule has 0 saturated heterocycles. The van der Waals surface area contributed by atoms with E-state index in [0.29, 0.717) is 5.56 Å². The van der Waals surface area contributed by atoms with Crippen molar-refractivity contribution in [3.63, 3.8) is 0 Å². The third kappa shape index (κ3) is 4.58. The summed E-state index contributed by atoms with van der Waals surface area (Å²) < 4.78 is 32.9. The molecule has 0 radical (unpaired) electrons. The topological polar surface area (TPSA) is 63.7 Å². The van der Waals surface area contributed by atoms with Crippen molar-refractivity contribution in [3.05, 3.63) is 90.0 Å². The second kappa shape index (κ2) is 8.99. The van der Waals surface area contributed by atoms with Gasteiger partial charge in [-0.15, -0.1) is 6.58 Å². The van der Waals surface area contributed by atoms with Gasteiger partial charge >= 0.3 is 5.97 Å². The van der Waals surface area contributed by atoms with Crippen LogP contribution in [0.2, 0.25) is 0 Å². The number of carbonyl (C=O) groups is 1. The van der Waals surface area contributed by atoms with Gasteiger partial charge in [-0.3, -0.25) is 0 Å². The van der Waals surface area contributed by atoms with E-state index in [1.54, 1.807) is 36.4 Å². The number of benzene rings is 2. The Morgan fingerprint density at radius 2 is 1.57 bits per heavy atom. The Bertz CT molecular complexity index is 961. The molecule has 0 aromatic heterocycles. The van der Waals surface area contributed by atoms with Crippen LogP contribution in [0.4, 0.5) is 0 Å². The molecule has 6 heteroatoms. The van der Waals surface area contributed by atoms with E-state index in [0.717, 1.165) is 11.1 Å². The van der Waals surface area contributed by atoms with Crippen molar-refractivity contribution in [3.8, 4) is 0 Å².